The van der Waals surface area contributed by atoms with Crippen LogP contribution in [0.3, 0.4) is 0 Å². The number of nitrogens with one attached hydrogen (secondary N) is 1. The molecule has 0 saturated carbocycles. The Balaban J connectivity index is 2.67. The molecule has 0 aliphatic carbocycles. The van der Waals surface area contributed by atoms with Crippen molar-refractivity contribution >= 4 is 28.4 Å². The third-order valence-corrected chi connectivity index (χ3v) is 3.11. The summed E-state index contributed by atoms with van der Waals surface area (Å²) >= 11 is 6.23. The maximum Gasteiger partial charge on any atom is 0.253 e. The van der Waals surface area contributed by atoms with Crippen molar-refractivity contribution in [2.75, 3.05) is 0 Å². The van der Waals surface area contributed by atoms with Gasteiger partial charge in [0.05, 0.1) is 21.8 Å². The zero-order valence-corrected chi connectivity index (χ0v) is 11.4. The van der Waals surface area contributed by atoms with E-state index >= 15 is 0 Å². The molecule has 4 heteroatoms. The van der Waals surface area contributed by atoms with E-state index in [0.29, 0.717) is 16.3 Å². The fourth-order valence-corrected chi connectivity index (χ4v) is 2.10. The summed E-state index contributed by atoms with van der Waals surface area (Å²) in [5.74, 6) is -0.156. The first-order valence-corrected chi connectivity index (χ1v) is 6.24. The van der Waals surface area contributed by atoms with Crippen LogP contribution in [-0.2, 0) is 0 Å². The molecule has 0 fully saturated rings. The van der Waals surface area contributed by atoms with Crippen molar-refractivity contribution in [1.29, 1.82) is 0 Å². The third kappa shape index (κ3) is 2.31. The number of aryl methyl sites for hydroxylation is 1. The van der Waals surface area contributed by atoms with Crippen molar-refractivity contribution in [3.8, 4) is 0 Å². The highest BCUT2D eigenvalue weighted by Crippen LogP contribution is 2.27. The van der Waals surface area contributed by atoms with Gasteiger partial charge in [-0.1, -0.05) is 29.8 Å². The Kier molecular flexibility index (Phi) is 3.53. The highest BCUT2D eigenvalue weighted by molar-refractivity contribution is 6.36. The Hall–Kier alpha value is -1.61. The molecule has 0 atom stereocenters. The van der Waals surface area contributed by atoms with E-state index in [4.69, 9.17) is 11.6 Å². The second-order valence-corrected chi connectivity index (χ2v) is 4.91. The van der Waals surface area contributed by atoms with Gasteiger partial charge in [0.2, 0.25) is 0 Å². The molecule has 1 amide bonds. The Labute approximate surface area is 111 Å². The van der Waals surface area contributed by atoms with Crippen molar-refractivity contribution in [1.82, 2.24) is 10.3 Å². The second kappa shape index (κ2) is 4.94. The number of halogens is 1. The lowest BCUT2D eigenvalue weighted by molar-refractivity contribution is 0.0945. The highest BCUT2D eigenvalue weighted by Gasteiger charge is 2.17. The topological polar surface area (TPSA) is 42.0 Å². The van der Waals surface area contributed by atoms with Gasteiger partial charge in [0.25, 0.3) is 5.91 Å². The fraction of sp³-hybridized carbons (Fsp3) is 0.286. The molecule has 1 aromatic heterocycles. The minimum Gasteiger partial charge on any atom is -0.350 e. The molecule has 0 aliphatic rings. The molecule has 94 valence electrons. The maximum absolute atomic E-state index is 12.2. The van der Waals surface area contributed by atoms with Gasteiger partial charge in [0, 0.05) is 11.4 Å². The van der Waals surface area contributed by atoms with Gasteiger partial charge in [0.15, 0.2) is 0 Å². The van der Waals surface area contributed by atoms with E-state index in [0.717, 1.165) is 10.9 Å². The van der Waals surface area contributed by atoms with E-state index in [9.17, 15) is 4.79 Å². The molecule has 0 spiro atoms. The molecular weight excluding hydrogens is 248 g/mol. The minimum absolute atomic E-state index is 0.0702. The first-order valence-electron chi connectivity index (χ1n) is 5.86. The number of aromatic nitrogens is 1. The molecule has 1 N–H and O–H groups in total. The number of amides is 1. The fourth-order valence-electron chi connectivity index (χ4n) is 1.87. The molecule has 3 nitrogen and oxygen atoms in total. The standard InChI is InChI=1S/C14H15ClN2O/c1-8(2)16-14(18)12-10-6-4-5-7-11(10)17-9(3)13(12)15/h4-8H,1-3H3,(H,16,18). The average molecular weight is 263 g/mol. The predicted octanol–water partition coefficient (Wildman–Crippen LogP) is 3.33. The Morgan fingerprint density at radius 1 is 1.33 bits per heavy atom. The molecule has 18 heavy (non-hydrogen) atoms. The zero-order chi connectivity index (χ0) is 13.3. The number of carbonyl (C=O) groups is 1. The summed E-state index contributed by atoms with van der Waals surface area (Å²) in [7, 11) is 0. The van der Waals surface area contributed by atoms with E-state index < -0.39 is 0 Å². The summed E-state index contributed by atoms with van der Waals surface area (Å²) in [6.45, 7) is 5.64. The molecule has 2 aromatic rings. The van der Waals surface area contributed by atoms with Crippen molar-refractivity contribution in [3.63, 3.8) is 0 Å². The van der Waals surface area contributed by atoms with Crippen molar-refractivity contribution in [2.24, 2.45) is 0 Å². The van der Waals surface area contributed by atoms with E-state index in [1.807, 2.05) is 38.1 Å². The number of hydrogen-bond donors (Lipinski definition) is 1. The minimum atomic E-state index is -0.156. The SMILES string of the molecule is Cc1nc2ccccc2c(C(=O)NC(C)C)c1Cl. The summed E-state index contributed by atoms with van der Waals surface area (Å²) in [5.41, 5.74) is 1.96. The number of hydrogen-bond acceptors (Lipinski definition) is 2. The number of para-hydroxylation sites is 1. The molecule has 0 saturated heterocycles. The third-order valence-electron chi connectivity index (χ3n) is 2.65. The van der Waals surface area contributed by atoms with Crippen LogP contribution in [0.15, 0.2) is 24.3 Å². The van der Waals surface area contributed by atoms with E-state index in [-0.39, 0.29) is 11.9 Å². The number of nitrogens with zero attached hydrogens (tertiary/aromatic N) is 1. The van der Waals surface area contributed by atoms with Gasteiger partial charge < -0.3 is 5.32 Å². The van der Waals surface area contributed by atoms with Crippen molar-refractivity contribution in [2.45, 2.75) is 26.8 Å². The van der Waals surface area contributed by atoms with Gasteiger partial charge in [-0.25, -0.2) is 0 Å². The van der Waals surface area contributed by atoms with Crippen LogP contribution in [0.4, 0.5) is 0 Å². The zero-order valence-electron chi connectivity index (χ0n) is 10.6. The molecule has 1 heterocycles. The van der Waals surface area contributed by atoms with Gasteiger partial charge in [-0.05, 0) is 26.8 Å². The van der Waals surface area contributed by atoms with Crippen molar-refractivity contribution in [3.05, 3.63) is 40.5 Å². The summed E-state index contributed by atoms with van der Waals surface area (Å²) in [6.07, 6.45) is 0. The van der Waals surface area contributed by atoms with Gasteiger partial charge in [0.1, 0.15) is 0 Å². The Morgan fingerprint density at radius 2 is 2.00 bits per heavy atom. The summed E-state index contributed by atoms with van der Waals surface area (Å²) in [5, 5.41) is 4.07. The molecule has 1 aromatic carbocycles. The van der Waals surface area contributed by atoms with E-state index in [1.165, 1.54) is 0 Å². The van der Waals surface area contributed by atoms with Gasteiger partial charge >= 0.3 is 0 Å². The van der Waals surface area contributed by atoms with Crippen LogP contribution < -0.4 is 5.32 Å². The van der Waals surface area contributed by atoms with Gasteiger partial charge in [-0.2, -0.15) is 0 Å². The normalized spacial score (nSPS) is 10.9. The Morgan fingerprint density at radius 3 is 2.67 bits per heavy atom. The molecule has 0 aliphatic heterocycles. The second-order valence-electron chi connectivity index (χ2n) is 4.53. The molecule has 0 unspecified atom stereocenters. The van der Waals surface area contributed by atoms with Crippen LogP contribution >= 0.6 is 11.6 Å². The average Bonchev–Trinajstić information content (AvgIpc) is 2.29. The van der Waals surface area contributed by atoms with Crippen LogP contribution in [0, 0.1) is 6.92 Å². The van der Waals surface area contributed by atoms with Crippen LogP contribution in [0.25, 0.3) is 10.9 Å². The van der Waals surface area contributed by atoms with Crippen LogP contribution in [0.1, 0.15) is 29.9 Å². The first kappa shape index (κ1) is 12.8. The van der Waals surface area contributed by atoms with Crippen LogP contribution in [0.5, 0.6) is 0 Å². The highest BCUT2D eigenvalue weighted by atomic mass is 35.5. The molecular formula is C14H15ClN2O. The van der Waals surface area contributed by atoms with Gasteiger partial charge in [-0.3, -0.25) is 9.78 Å². The molecule has 0 bridgehead atoms. The molecule has 2 rings (SSSR count). The number of pyridine rings is 1. The summed E-state index contributed by atoms with van der Waals surface area (Å²) < 4.78 is 0. The lowest BCUT2D eigenvalue weighted by Gasteiger charge is -2.13. The van der Waals surface area contributed by atoms with E-state index in [1.54, 1.807) is 6.92 Å². The smallest absolute Gasteiger partial charge is 0.253 e. The van der Waals surface area contributed by atoms with Crippen LogP contribution in [0.2, 0.25) is 5.02 Å². The van der Waals surface area contributed by atoms with Crippen molar-refractivity contribution < 1.29 is 4.79 Å². The Bertz CT molecular complexity index is 608. The lowest BCUT2D eigenvalue weighted by atomic mass is 10.1. The van der Waals surface area contributed by atoms with Crippen LogP contribution in [-0.4, -0.2) is 16.9 Å². The molecule has 0 radical (unpaired) electrons. The van der Waals surface area contributed by atoms with Gasteiger partial charge in [-0.15, -0.1) is 0 Å². The van der Waals surface area contributed by atoms with E-state index in [2.05, 4.69) is 10.3 Å². The number of rotatable bonds is 2. The number of carbonyl (C=O) groups excluding carboxylic acids is 1. The predicted molar refractivity (Wildman–Crippen MR) is 74.1 cm³/mol. The number of benzene rings is 1. The summed E-state index contributed by atoms with van der Waals surface area (Å²) in [4.78, 5) is 16.6. The monoisotopic (exact) mass is 262 g/mol. The number of fused-ring (bicyclic) bond motifs is 1. The lowest BCUT2D eigenvalue weighted by Crippen LogP contribution is -2.30. The largest absolute Gasteiger partial charge is 0.350 e. The first-order chi connectivity index (χ1) is 8.50. The maximum atomic E-state index is 12.2. The quantitative estimate of drug-likeness (QED) is 0.902. The summed E-state index contributed by atoms with van der Waals surface area (Å²) in [6, 6.07) is 7.59.